The SMILES string of the molecule is Cc1ccc(O)c(C(=O)NCC(C)C(N)=S)c1. The number of nitrogens with two attached hydrogens (primary N) is 1. The molecule has 0 bridgehead atoms. The number of carbonyl (C=O) groups is 1. The van der Waals surface area contributed by atoms with Gasteiger partial charge in [-0.05, 0) is 19.1 Å². The van der Waals surface area contributed by atoms with E-state index in [2.05, 4.69) is 5.32 Å². The van der Waals surface area contributed by atoms with Gasteiger partial charge in [0.05, 0.1) is 10.6 Å². The van der Waals surface area contributed by atoms with Crippen molar-refractivity contribution in [1.82, 2.24) is 5.32 Å². The van der Waals surface area contributed by atoms with Gasteiger partial charge in [-0.2, -0.15) is 0 Å². The summed E-state index contributed by atoms with van der Waals surface area (Å²) in [7, 11) is 0. The van der Waals surface area contributed by atoms with E-state index in [-0.39, 0.29) is 23.1 Å². The summed E-state index contributed by atoms with van der Waals surface area (Å²) in [5.41, 5.74) is 6.62. The Morgan fingerprint density at radius 3 is 2.82 bits per heavy atom. The molecule has 17 heavy (non-hydrogen) atoms. The highest BCUT2D eigenvalue weighted by Crippen LogP contribution is 2.17. The van der Waals surface area contributed by atoms with Crippen molar-refractivity contribution in [1.29, 1.82) is 0 Å². The third kappa shape index (κ3) is 3.71. The largest absolute Gasteiger partial charge is 0.507 e. The van der Waals surface area contributed by atoms with Gasteiger partial charge in [0.25, 0.3) is 5.91 Å². The number of phenolic OH excluding ortho intramolecular Hbond substituents is 1. The van der Waals surface area contributed by atoms with Gasteiger partial charge < -0.3 is 16.2 Å². The Hall–Kier alpha value is -1.62. The molecule has 0 aliphatic rings. The van der Waals surface area contributed by atoms with Crippen molar-refractivity contribution >= 4 is 23.1 Å². The van der Waals surface area contributed by atoms with Crippen molar-refractivity contribution in [2.45, 2.75) is 13.8 Å². The van der Waals surface area contributed by atoms with Crippen LogP contribution >= 0.6 is 12.2 Å². The summed E-state index contributed by atoms with van der Waals surface area (Å²) in [6.45, 7) is 4.05. The van der Waals surface area contributed by atoms with Crippen LogP contribution in [0.1, 0.15) is 22.8 Å². The molecular formula is C12H16N2O2S. The van der Waals surface area contributed by atoms with Gasteiger partial charge in [0, 0.05) is 12.5 Å². The van der Waals surface area contributed by atoms with Gasteiger partial charge in [0.15, 0.2) is 0 Å². The molecule has 1 atom stereocenters. The van der Waals surface area contributed by atoms with E-state index in [0.29, 0.717) is 11.5 Å². The molecule has 4 N–H and O–H groups in total. The van der Waals surface area contributed by atoms with Crippen molar-refractivity contribution in [2.75, 3.05) is 6.54 Å². The van der Waals surface area contributed by atoms with Crippen molar-refractivity contribution in [3.8, 4) is 5.75 Å². The molecule has 0 heterocycles. The maximum absolute atomic E-state index is 11.8. The topological polar surface area (TPSA) is 75.3 Å². The van der Waals surface area contributed by atoms with Crippen molar-refractivity contribution < 1.29 is 9.90 Å². The van der Waals surface area contributed by atoms with Crippen molar-refractivity contribution in [3.63, 3.8) is 0 Å². The molecule has 4 nitrogen and oxygen atoms in total. The summed E-state index contributed by atoms with van der Waals surface area (Å²) in [4.78, 5) is 12.1. The molecular weight excluding hydrogens is 236 g/mol. The number of nitrogens with one attached hydrogen (secondary N) is 1. The Morgan fingerprint density at radius 2 is 2.24 bits per heavy atom. The summed E-state index contributed by atoms with van der Waals surface area (Å²) in [5, 5.41) is 12.3. The molecule has 1 amide bonds. The second-order valence-corrected chi connectivity index (χ2v) is 4.51. The first-order valence-corrected chi connectivity index (χ1v) is 5.69. The molecule has 1 aromatic carbocycles. The zero-order valence-corrected chi connectivity index (χ0v) is 10.7. The maximum atomic E-state index is 11.8. The molecule has 1 unspecified atom stereocenters. The third-order valence-corrected chi connectivity index (χ3v) is 2.85. The van der Waals surface area contributed by atoms with Gasteiger partial charge in [-0.3, -0.25) is 4.79 Å². The molecule has 1 rings (SSSR count). The Labute approximate surface area is 106 Å². The van der Waals surface area contributed by atoms with E-state index in [1.807, 2.05) is 13.8 Å². The van der Waals surface area contributed by atoms with E-state index in [1.54, 1.807) is 12.1 Å². The van der Waals surface area contributed by atoms with Crippen molar-refractivity contribution in [3.05, 3.63) is 29.3 Å². The fourth-order valence-electron chi connectivity index (χ4n) is 1.27. The number of benzene rings is 1. The Balaban J connectivity index is 2.70. The second-order valence-electron chi connectivity index (χ2n) is 4.03. The quantitative estimate of drug-likeness (QED) is 0.707. The number of thiocarbonyl (C=S) groups is 1. The van der Waals surface area contributed by atoms with Gasteiger partial charge in [-0.25, -0.2) is 0 Å². The van der Waals surface area contributed by atoms with E-state index < -0.39 is 0 Å². The van der Waals surface area contributed by atoms with Gasteiger partial charge >= 0.3 is 0 Å². The van der Waals surface area contributed by atoms with Gasteiger partial charge in [-0.1, -0.05) is 30.8 Å². The lowest BCUT2D eigenvalue weighted by atomic mass is 10.1. The third-order valence-electron chi connectivity index (χ3n) is 2.45. The van der Waals surface area contributed by atoms with Crippen LogP contribution in [0.2, 0.25) is 0 Å². The average Bonchev–Trinajstić information content (AvgIpc) is 2.28. The number of amides is 1. The molecule has 0 spiro atoms. The number of aromatic hydroxyl groups is 1. The van der Waals surface area contributed by atoms with Crippen LogP contribution < -0.4 is 11.1 Å². The van der Waals surface area contributed by atoms with E-state index in [1.165, 1.54) is 6.07 Å². The Kier molecular flexibility index (Phi) is 4.45. The van der Waals surface area contributed by atoms with Crippen molar-refractivity contribution in [2.24, 2.45) is 11.7 Å². The molecule has 5 heteroatoms. The number of rotatable bonds is 4. The molecule has 0 saturated carbocycles. The van der Waals surface area contributed by atoms with Crippen LogP contribution in [-0.4, -0.2) is 22.5 Å². The number of hydrogen-bond acceptors (Lipinski definition) is 3. The van der Waals surface area contributed by atoms with Crippen LogP contribution in [0.4, 0.5) is 0 Å². The summed E-state index contributed by atoms with van der Waals surface area (Å²) in [6, 6.07) is 4.88. The predicted octanol–water partition coefficient (Wildman–Crippen LogP) is 1.35. The molecule has 0 aliphatic carbocycles. The fraction of sp³-hybridized carbons (Fsp3) is 0.333. The highest BCUT2D eigenvalue weighted by Gasteiger charge is 2.13. The first-order chi connectivity index (χ1) is 7.91. The fourth-order valence-corrected chi connectivity index (χ4v) is 1.36. The summed E-state index contributed by atoms with van der Waals surface area (Å²) in [5.74, 6) is -0.425. The summed E-state index contributed by atoms with van der Waals surface area (Å²) >= 11 is 4.81. The molecule has 0 radical (unpaired) electrons. The summed E-state index contributed by atoms with van der Waals surface area (Å²) < 4.78 is 0. The average molecular weight is 252 g/mol. The van der Waals surface area contributed by atoms with Gasteiger partial charge in [0.1, 0.15) is 5.75 Å². The zero-order chi connectivity index (χ0) is 13.0. The second kappa shape index (κ2) is 5.63. The van der Waals surface area contributed by atoms with E-state index in [0.717, 1.165) is 5.56 Å². The van der Waals surface area contributed by atoms with Crippen LogP contribution in [0.3, 0.4) is 0 Å². The molecule has 1 aromatic rings. The minimum absolute atomic E-state index is 0.0314. The minimum atomic E-state index is -0.325. The number of carbonyl (C=O) groups excluding carboxylic acids is 1. The highest BCUT2D eigenvalue weighted by atomic mass is 32.1. The number of phenols is 1. The monoisotopic (exact) mass is 252 g/mol. The normalized spacial score (nSPS) is 11.9. The molecule has 0 fully saturated rings. The van der Waals surface area contributed by atoms with E-state index >= 15 is 0 Å². The van der Waals surface area contributed by atoms with E-state index in [4.69, 9.17) is 18.0 Å². The lowest BCUT2D eigenvalue weighted by Crippen LogP contribution is -2.33. The number of aryl methyl sites for hydroxylation is 1. The van der Waals surface area contributed by atoms with Crippen LogP contribution in [0.25, 0.3) is 0 Å². The first-order valence-electron chi connectivity index (χ1n) is 5.29. The van der Waals surface area contributed by atoms with Crippen LogP contribution in [0, 0.1) is 12.8 Å². The summed E-state index contributed by atoms with van der Waals surface area (Å²) in [6.07, 6.45) is 0. The van der Waals surface area contributed by atoms with Crippen LogP contribution in [0.15, 0.2) is 18.2 Å². The lowest BCUT2D eigenvalue weighted by molar-refractivity contribution is 0.0948. The van der Waals surface area contributed by atoms with Crippen LogP contribution in [0.5, 0.6) is 5.75 Å². The minimum Gasteiger partial charge on any atom is -0.507 e. The highest BCUT2D eigenvalue weighted by molar-refractivity contribution is 7.80. The standard InChI is InChI=1S/C12H16N2O2S/c1-7-3-4-10(15)9(5-7)12(16)14-6-8(2)11(13)17/h3-5,8,15H,6H2,1-2H3,(H2,13,17)(H,14,16). The predicted molar refractivity (Wildman–Crippen MR) is 71.1 cm³/mol. The molecule has 0 saturated heterocycles. The van der Waals surface area contributed by atoms with Gasteiger partial charge in [-0.15, -0.1) is 0 Å². The van der Waals surface area contributed by atoms with E-state index in [9.17, 15) is 9.90 Å². The molecule has 0 aromatic heterocycles. The number of hydrogen-bond donors (Lipinski definition) is 3. The first kappa shape index (κ1) is 13.4. The lowest BCUT2D eigenvalue weighted by Gasteiger charge is -2.11. The Bertz CT molecular complexity index is 446. The molecule has 0 aliphatic heterocycles. The zero-order valence-electron chi connectivity index (χ0n) is 9.86. The Morgan fingerprint density at radius 1 is 1.59 bits per heavy atom. The van der Waals surface area contributed by atoms with Gasteiger partial charge in [0.2, 0.25) is 0 Å². The molecule has 92 valence electrons. The van der Waals surface area contributed by atoms with Crippen LogP contribution in [-0.2, 0) is 0 Å². The maximum Gasteiger partial charge on any atom is 0.255 e. The smallest absolute Gasteiger partial charge is 0.255 e.